The molecule has 1 aromatic carbocycles. The van der Waals surface area contributed by atoms with Crippen LogP contribution in [0.15, 0.2) is 28.0 Å². The van der Waals surface area contributed by atoms with E-state index in [0.29, 0.717) is 5.75 Å². The highest BCUT2D eigenvalue weighted by atomic mass is 127. The summed E-state index contributed by atoms with van der Waals surface area (Å²) in [6, 6.07) is 5.93. The lowest BCUT2D eigenvalue weighted by molar-refractivity contribution is -0.113. The predicted octanol–water partition coefficient (Wildman–Crippen LogP) is 3.18. The fraction of sp³-hybridized carbons (Fsp3) is 0.182. The van der Waals surface area contributed by atoms with Crippen LogP contribution in [-0.2, 0) is 4.79 Å². The molecule has 0 aliphatic carbocycles. The number of rotatable bonds is 4. The number of carbonyl (C=O) groups excluding carboxylic acids is 1. The number of hydrogen-bond donors (Lipinski definition) is 1. The molecule has 94 valence electrons. The van der Waals surface area contributed by atoms with Gasteiger partial charge in [-0.15, -0.1) is 10.2 Å². The first-order valence-corrected chi connectivity index (χ1v) is 8.04. The summed E-state index contributed by atoms with van der Waals surface area (Å²) >= 11 is 5.08. The summed E-state index contributed by atoms with van der Waals surface area (Å²) in [5.74, 6) is 0.320. The zero-order chi connectivity index (χ0) is 13.0. The van der Waals surface area contributed by atoms with Gasteiger partial charge < -0.3 is 5.32 Å². The molecule has 0 saturated heterocycles. The van der Waals surface area contributed by atoms with Crippen molar-refractivity contribution < 1.29 is 4.79 Å². The number of benzene rings is 1. The number of anilines is 1. The molecule has 1 aromatic heterocycles. The first kappa shape index (κ1) is 13.8. The third kappa shape index (κ3) is 3.92. The van der Waals surface area contributed by atoms with Crippen LogP contribution in [0.5, 0.6) is 0 Å². The Balaban J connectivity index is 1.91. The molecule has 18 heavy (non-hydrogen) atoms. The van der Waals surface area contributed by atoms with Crippen molar-refractivity contribution in [3.8, 4) is 0 Å². The summed E-state index contributed by atoms with van der Waals surface area (Å²) in [5.41, 5.74) is 3.58. The average molecular weight is 391 g/mol. The molecule has 0 saturated carbocycles. The molecule has 1 amide bonds. The molecule has 0 aliphatic heterocycles. The lowest BCUT2D eigenvalue weighted by Gasteiger charge is -2.07. The molecular formula is C11H10IN3OS2. The molecular weight excluding hydrogens is 381 g/mol. The molecule has 0 radical (unpaired) electrons. The summed E-state index contributed by atoms with van der Waals surface area (Å²) in [4.78, 5) is 11.8. The van der Waals surface area contributed by atoms with E-state index in [2.05, 4.69) is 38.1 Å². The van der Waals surface area contributed by atoms with Crippen molar-refractivity contribution in [1.29, 1.82) is 0 Å². The molecule has 0 unspecified atom stereocenters. The van der Waals surface area contributed by atoms with E-state index >= 15 is 0 Å². The monoisotopic (exact) mass is 391 g/mol. The van der Waals surface area contributed by atoms with Crippen molar-refractivity contribution in [1.82, 2.24) is 10.2 Å². The first-order valence-electron chi connectivity index (χ1n) is 5.10. The van der Waals surface area contributed by atoms with Gasteiger partial charge in [0.15, 0.2) is 4.34 Å². The molecule has 0 atom stereocenters. The van der Waals surface area contributed by atoms with Crippen LogP contribution in [0.3, 0.4) is 0 Å². The number of amides is 1. The summed E-state index contributed by atoms with van der Waals surface area (Å²) < 4.78 is 1.97. The Kier molecular flexibility index (Phi) is 4.95. The Bertz CT molecular complexity index is 545. The summed E-state index contributed by atoms with van der Waals surface area (Å²) in [6.07, 6.45) is 0. The van der Waals surface area contributed by atoms with E-state index in [1.165, 1.54) is 23.1 Å². The maximum Gasteiger partial charge on any atom is 0.234 e. The number of thioether (sulfide) groups is 1. The van der Waals surface area contributed by atoms with Crippen LogP contribution >= 0.6 is 45.7 Å². The van der Waals surface area contributed by atoms with Crippen LogP contribution in [0.1, 0.15) is 5.56 Å². The lowest BCUT2D eigenvalue weighted by Crippen LogP contribution is -2.14. The summed E-state index contributed by atoms with van der Waals surface area (Å²) in [5, 5.41) is 10.5. The Morgan fingerprint density at radius 3 is 3.06 bits per heavy atom. The van der Waals surface area contributed by atoms with E-state index in [0.717, 1.165) is 19.2 Å². The predicted molar refractivity (Wildman–Crippen MR) is 83.2 cm³/mol. The second kappa shape index (κ2) is 6.48. The van der Waals surface area contributed by atoms with E-state index in [1.807, 2.05) is 25.1 Å². The van der Waals surface area contributed by atoms with Crippen LogP contribution in [0, 0.1) is 10.5 Å². The smallest absolute Gasteiger partial charge is 0.234 e. The van der Waals surface area contributed by atoms with Gasteiger partial charge in [0.1, 0.15) is 5.51 Å². The Morgan fingerprint density at radius 1 is 1.56 bits per heavy atom. The van der Waals surface area contributed by atoms with Gasteiger partial charge in [-0.25, -0.2) is 0 Å². The van der Waals surface area contributed by atoms with Gasteiger partial charge in [0.2, 0.25) is 5.91 Å². The van der Waals surface area contributed by atoms with Crippen LogP contribution in [0.25, 0.3) is 0 Å². The van der Waals surface area contributed by atoms with E-state index < -0.39 is 0 Å². The Labute approximate surface area is 127 Å². The van der Waals surface area contributed by atoms with Crippen molar-refractivity contribution >= 4 is 57.3 Å². The fourth-order valence-electron chi connectivity index (χ4n) is 1.31. The third-order valence-electron chi connectivity index (χ3n) is 2.13. The van der Waals surface area contributed by atoms with E-state index in [9.17, 15) is 4.79 Å². The number of aryl methyl sites for hydroxylation is 1. The molecule has 7 heteroatoms. The SMILES string of the molecule is Cc1cc(I)ccc1NC(=O)CSc1nncs1. The van der Waals surface area contributed by atoms with E-state index in [-0.39, 0.29) is 5.91 Å². The average Bonchev–Trinajstić information content (AvgIpc) is 2.83. The van der Waals surface area contributed by atoms with Crippen LogP contribution < -0.4 is 5.32 Å². The normalized spacial score (nSPS) is 10.3. The minimum Gasteiger partial charge on any atom is -0.325 e. The number of nitrogens with zero attached hydrogens (tertiary/aromatic N) is 2. The topological polar surface area (TPSA) is 54.9 Å². The summed E-state index contributed by atoms with van der Waals surface area (Å²) in [6.45, 7) is 1.98. The van der Waals surface area contributed by atoms with E-state index in [4.69, 9.17) is 0 Å². The number of aromatic nitrogens is 2. The molecule has 1 heterocycles. The van der Waals surface area contributed by atoms with E-state index in [1.54, 1.807) is 5.51 Å². The largest absolute Gasteiger partial charge is 0.325 e. The zero-order valence-corrected chi connectivity index (χ0v) is 13.3. The minimum atomic E-state index is -0.0282. The molecule has 2 rings (SSSR count). The van der Waals surface area contributed by atoms with Crippen molar-refractivity contribution in [2.24, 2.45) is 0 Å². The maximum atomic E-state index is 11.8. The molecule has 0 bridgehead atoms. The highest BCUT2D eigenvalue weighted by Crippen LogP contribution is 2.21. The van der Waals surface area contributed by atoms with Gasteiger partial charge in [0, 0.05) is 9.26 Å². The van der Waals surface area contributed by atoms with Gasteiger partial charge in [-0.1, -0.05) is 23.1 Å². The number of nitrogens with one attached hydrogen (secondary N) is 1. The maximum absolute atomic E-state index is 11.8. The second-order valence-electron chi connectivity index (χ2n) is 3.50. The van der Waals surface area contributed by atoms with Crippen LogP contribution in [0.4, 0.5) is 5.69 Å². The number of hydrogen-bond acceptors (Lipinski definition) is 5. The quantitative estimate of drug-likeness (QED) is 0.643. The fourth-order valence-corrected chi connectivity index (χ4v) is 3.24. The molecule has 0 spiro atoms. The van der Waals surface area contributed by atoms with Gasteiger partial charge >= 0.3 is 0 Å². The zero-order valence-electron chi connectivity index (χ0n) is 9.51. The number of carbonyl (C=O) groups is 1. The van der Waals surface area contributed by atoms with Crippen LogP contribution in [0.2, 0.25) is 0 Å². The molecule has 1 N–H and O–H groups in total. The second-order valence-corrected chi connectivity index (χ2v) is 6.80. The Morgan fingerprint density at radius 2 is 2.39 bits per heavy atom. The molecule has 0 aliphatic rings. The van der Waals surface area contributed by atoms with Gasteiger partial charge in [-0.05, 0) is 53.3 Å². The van der Waals surface area contributed by atoms with Crippen molar-refractivity contribution in [2.45, 2.75) is 11.3 Å². The number of halogens is 1. The van der Waals surface area contributed by atoms with Crippen LogP contribution in [-0.4, -0.2) is 21.9 Å². The van der Waals surface area contributed by atoms with Gasteiger partial charge in [-0.3, -0.25) is 4.79 Å². The first-order chi connectivity index (χ1) is 8.65. The summed E-state index contributed by atoms with van der Waals surface area (Å²) in [7, 11) is 0. The van der Waals surface area contributed by atoms with Crippen molar-refractivity contribution in [3.05, 3.63) is 32.8 Å². The van der Waals surface area contributed by atoms with Crippen molar-refractivity contribution in [3.63, 3.8) is 0 Å². The standard InChI is InChI=1S/C11H10IN3OS2/c1-7-4-8(12)2-3-9(7)14-10(16)5-17-11-15-13-6-18-11/h2-4,6H,5H2,1H3,(H,14,16). The van der Waals surface area contributed by atoms with Gasteiger partial charge in [0.25, 0.3) is 0 Å². The minimum absolute atomic E-state index is 0.0282. The third-order valence-corrected chi connectivity index (χ3v) is 4.66. The highest BCUT2D eigenvalue weighted by Gasteiger charge is 2.07. The molecule has 2 aromatic rings. The molecule has 4 nitrogen and oxygen atoms in total. The highest BCUT2D eigenvalue weighted by molar-refractivity contribution is 14.1. The lowest BCUT2D eigenvalue weighted by atomic mass is 10.2. The van der Waals surface area contributed by atoms with Crippen molar-refractivity contribution in [2.75, 3.05) is 11.1 Å². The van der Waals surface area contributed by atoms with Gasteiger partial charge in [0.05, 0.1) is 5.75 Å². The van der Waals surface area contributed by atoms with Gasteiger partial charge in [-0.2, -0.15) is 0 Å². The Hall–Kier alpha value is -0.670. The molecule has 0 fully saturated rings.